The Labute approximate surface area is 115 Å². The average molecular weight is 254 g/mol. The summed E-state index contributed by atoms with van der Waals surface area (Å²) in [7, 11) is 0. The van der Waals surface area contributed by atoms with Crippen LogP contribution in [-0.4, -0.2) is 37.1 Å². The van der Waals surface area contributed by atoms with Gasteiger partial charge in [-0.05, 0) is 37.8 Å². The van der Waals surface area contributed by atoms with Crippen LogP contribution >= 0.6 is 0 Å². The van der Waals surface area contributed by atoms with E-state index in [1.165, 1.54) is 51.7 Å². The molecule has 3 atom stereocenters. The van der Waals surface area contributed by atoms with Crippen molar-refractivity contribution in [1.82, 2.24) is 10.2 Å². The molecule has 0 saturated carbocycles. The van der Waals surface area contributed by atoms with Gasteiger partial charge in [-0.2, -0.15) is 0 Å². The van der Waals surface area contributed by atoms with Gasteiger partial charge in [0.05, 0.1) is 0 Å². The van der Waals surface area contributed by atoms with Gasteiger partial charge in [0, 0.05) is 19.1 Å². The summed E-state index contributed by atoms with van der Waals surface area (Å²) in [4.78, 5) is 2.71. The number of likely N-dealkylation sites (tertiary alicyclic amines) is 1. The molecule has 0 bridgehead atoms. The van der Waals surface area contributed by atoms with Crippen LogP contribution in [0, 0.1) is 11.8 Å². The summed E-state index contributed by atoms with van der Waals surface area (Å²) in [6.07, 6.45) is 6.85. The number of piperidine rings is 1. The van der Waals surface area contributed by atoms with E-state index in [2.05, 4.69) is 37.9 Å². The molecular weight excluding hydrogens is 220 g/mol. The maximum absolute atomic E-state index is 3.63. The third-order valence-corrected chi connectivity index (χ3v) is 4.52. The Hall–Kier alpha value is -0.0800. The van der Waals surface area contributed by atoms with E-state index in [1.807, 2.05) is 0 Å². The first-order chi connectivity index (χ1) is 8.71. The van der Waals surface area contributed by atoms with Crippen LogP contribution in [0.1, 0.15) is 59.8 Å². The van der Waals surface area contributed by atoms with Gasteiger partial charge in [-0.25, -0.2) is 0 Å². The van der Waals surface area contributed by atoms with E-state index in [0.29, 0.717) is 0 Å². The average Bonchev–Trinajstić information content (AvgIpc) is 2.37. The summed E-state index contributed by atoms with van der Waals surface area (Å²) in [5, 5.41) is 3.63. The largest absolute Gasteiger partial charge is 0.314 e. The fourth-order valence-corrected chi connectivity index (χ4v) is 3.25. The topological polar surface area (TPSA) is 15.3 Å². The van der Waals surface area contributed by atoms with Gasteiger partial charge in [0.2, 0.25) is 0 Å². The number of hydrogen-bond donors (Lipinski definition) is 1. The van der Waals surface area contributed by atoms with Crippen molar-refractivity contribution in [2.45, 2.75) is 65.8 Å². The number of unbranched alkanes of at least 4 members (excludes halogenated alkanes) is 1. The molecular formula is C16H34N2. The minimum absolute atomic E-state index is 0.752. The molecule has 1 rings (SSSR count). The highest BCUT2D eigenvalue weighted by atomic mass is 15.1. The Morgan fingerprint density at radius 3 is 2.61 bits per heavy atom. The first-order valence-corrected chi connectivity index (χ1v) is 8.16. The standard InChI is InChI=1S/C16H34N2/c1-5-8-9-15(6-2)13-18-11-10-16(17-7-3)14(4)12-18/h14-17H,5-13H2,1-4H3. The number of hydrogen-bond acceptors (Lipinski definition) is 2. The van der Waals surface area contributed by atoms with Crippen molar-refractivity contribution < 1.29 is 0 Å². The lowest BCUT2D eigenvalue weighted by Gasteiger charge is -2.38. The molecule has 0 radical (unpaired) electrons. The first kappa shape index (κ1) is 16.0. The van der Waals surface area contributed by atoms with E-state index in [9.17, 15) is 0 Å². The molecule has 0 aromatic carbocycles. The van der Waals surface area contributed by atoms with Gasteiger partial charge >= 0.3 is 0 Å². The summed E-state index contributed by atoms with van der Waals surface area (Å²) in [6, 6.07) is 0.752. The van der Waals surface area contributed by atoms with Gasteiger partial charge < -0.3 is 10.2 Å². The SMILES string of the molecule is CCCCC(CC)CN1CCC(NCC)C(C)C1. The predicted molar refractivity (Wildman–Crippen MR) is 81.0 cm³/mol. The van der Waals surface area contributed by atoms with E-state index in [0.717, 1.165) is 24.4 Å². The molecule has 1 saturated heterocycles. The number of nitrogens with one attached hydrogen (secondary N) is 1. The Kier molecular flexibility index (Phi) is 7.92. The van der Waals surface area contributed by atoms with Crippen molar-refractivity contribution in [2.24, 2.45) is 11.8 Å². The predicted octanol–water partition coefficient (Wildman–Crippen LogP) is 3.52. The van der Waals surface area contributed by atoms with Crippen LogP contribution in [0.2, 0.25) is 0 Å². The third kappa shape index (κ3) is 5.27. The second-order valence-electron chi connectivity index (χ2n) is 6.11. The van der Waals surface area contributed by atoms with Crippen molar-refractivity contribution in [2.75, 3.05) is 26.2 Å². The Balaban J connectivity index is 2.31. The van der Waals surface area contributed by atoms with Crippen molar-refractivity contribution in [1.29, 1.82) is 0 Å². The molecule has 0 spiro atoms. The second kappa shape index (κ2) is 8.92. The Morgan fingerprint density at radius 2 is 2.06 bits per heavy atom. The molecule has 2 heteroatoms. The van der Waals surface area contributed by atoms with Gasteiger partial charge in [0.1, 0.15) is 0 Å². The zero-order chi connectivity index (χ0) is 13.4. The normalized spacial score (nSPS) is 27.3. The minimum Gasteiger partial charge on any atom is -0.314 e. The summed E-state index contributed by atoms with van der Waals surface area (Å²) >= 11 is 0. The lowest BCUT2D eigenvalue weighted by Crippen LogP contribution is -2.49. The molecule has 0 aromatic heterocycles. The maximum Gasteiger partial charge on any atom is 0.0117 e. The quantitative estimate of drug-likeness (QED) is 0.713. The van der Waals surface area contributed by atoms with E-state index in [4.69, 9.17) is 0 Å². The Morgan fingerprint density at radius 1 is 1.28 bits per heavy atom. The molecule has 3 unspecified atom stereocenters. The van der Waals surface area contributed by atoms with Gasteiger partial charge in [0.25, 0.3) is 0 Å². The van der Waals surface area contributed by atoms with Gasteiger partial charge in [-0.15, -0.1) is 0 Å². The van der Waals surface area contributed by atoms with Crippen LogP contribution < -0.4 is 5.32 Å². The zero-order valence-electron chi connectivity index (χ0n) is 13.0. The van der Waals surface area contributed by atoms with Crippen LogP contribution in [0.4, 0.5) is 0 Å². The number of nitrogens with zero attached hydrogens (tertiary/aromatic N) is 1. The van der Waals surface area contributed by atoms with E-state index < -0.39 is 0 Å². The van der Waals surface area contributed by atoms with Crippen LogP contribution in [0.25, 0.3) is 0 Å². The lowest BCUT2D eigenvalue weighted by atomic mass is 9.91. The van der Waals surface area contributed by atoms with Crippen LogP contribution in [0.5, 0.6) is 0 Å². The van der Waals surface area contributed by atoms with Gasteiger partial charge in [-0.3, -0.25) is 0 Å². The highest BCUT2D eigenvalue weighted by Crippen LogP contribution is 2.20. The summed E-state index contributed by atoms with van der Waals surface area (Å²) in [6.45, 7) is 14.3. The molecule has 1 fully saturated rings. The molecule has 1 aliphatic rings. The van der Waals surface area contributed by atoms with E-state index in [1.54, 1.807) is 0 Å². The van der Waals surface area contributed by atoms with Crippen molar-refractivity contribution in [3.63, 3.8) is 0 Å². The second-order valence-corrected chi connectivity index (χ2v) is 6.11. The molecule has 1 heterocycles. The highest BCUT2D eigenvalue weighted by Gasteiger charge is 2.26. The third-order valence-electron chi connectivity index (χ3n) is 4.52. The fraction of sp³-hybridized carbons (Fsp3) is 1.00. The van der Waals surface area contributed by atoms with Gasteiger partial charge in [-0.1, -0.05) is 47.0 Å². The van der Waals surface area contributed by atoms with Gasteiger partial charge in [0.15, 0.2) is 0 Å². The first-order valence-electron chi connectivity index (χ1n) is 8.16. The maximum atomic E-state index is 3.63. The van der Waals surface area contributed by atoms with Crippen LogP contribution in [-0.2, 0) is 0 Å². The zero-order valence-corrected chi connectivity index (χ0v) is 13.0. The highest BCUT2D eigenvalue weighted by molar-refractivity contribution is 4.83. The molecule has 0 aromatic rings. The molecule has 1 N–H and O–H groups in total. The van der Waals surface area contributed by atoms with Crippen molar-refractivity contribution in [3.8, 4) is 0 Å². The lowest BCUT2D eigenvalue weighted by molar-refractivity contribution is 0.125. The smallest absolute Gasteiger partial charge is 0.0117 e. The molecule has 2 nitrogen and oxygen atoms in total. The van der Waals surface area contributed by atoms with Crippen LogP contribution in [0.3, 0.4) is 0 Å². The summed E-state index contributed by atoms with van der Waals surface area (Å²) in [5.74, 6) is 1.73. The fourth-order valence-electron chi connectivity index (χ4n) is 3.25. The molecule has 1 aliphatic heterocycles. The molecule has 108 valence electrons. The van der Waals surface area contributed by atoms with Crippen molar-refractivity contribution in [3.05, 3.63) is 0 Å². The molecule has 0 amide bonds. The number of rotatable bonds is 8. The molecule has 0 aliphatic carbocycles. The Bertz CT molecular complexity index is 205. The monoisotopic (exact) mass is 254 g/mol. The van der Waals surface area contributed by atoms with Crippen molar-refractivity contribution >= 4 is 0 Å². The van der Waals surface area contributed by atoms with E-state index in [-0.39, 0.29) is 0 Å². The summed E-state index contributed by atoms with van der Waals surface area (Å²) < 4.78 is 0. The molecule has 18 heavy (non-hydrogen) atoms. The van der Waals surface area contributed by atoms with E-state index >= 15 is 0 Å². The summed E-state index contributed by atoms with van der Waals surface area (Å²) in [5.41, 5.74) is 0. The minimum atomic E-state index is 0.752. The van der Waals surface area contributed by atoms with Crippen LogP contribution in [0.15, 0.2) is 0 Å².